The fraction of sp³-hybridized carbons (Fsp3) is 1.00. The molecule has 0 heterocycles. The van der Waals surface area contributed by atoms with E-state index in [0.717, 1.165) is 25.7 Å². The lowest BCUT2D eigenvalue weighted by Gasteiger charge is -2.41. The Kier molecular flexibility index (Phi) is 4.64. The lowest BCUT2D eigenvalue weighted by atomic mass is 9.94. The zero-order valence-corrected chi connectivity index (χ0v) is 12.7. The molecule has 1 rings (SSSR count). The van der Waals surface area contributed by atoms with Gasteiger partial charge in [0.15, 0.2) is 8.32 Å². The van der Waals surface area contributed by atoms with Crippen LogP contribution < -0.4 is 0 Å². The first kappa shape index (κ1) is 14.5. The fourth-order valence-corrected chi connectivity index (χ4v) is 3.40. The number of rotatable bonds is 3. The van der Waals surface area contributed by atoms with Crippen LogP contribution in [0.15, 0.2) is 5.11 Å². The van der Waals surface area contributed by atoms with Crippen molar-refractivity contribution in [1.82, 2.24) is 0 Å². The van der Waals surface area contributed by atoms with E-state index in [0.29, 0.717) is 6.10 Å². The molecule has 1 saturated carbocycles. The first-order chi connectivity index (χ1) is 7.76. The Hall–Kier alpha value is -0.513. The molecule has 1 aliphatic rings. The van der Waals surface area contributed by atoms with Crippen LogP contribution >= 0.6 is 0 Å². The molecule has 0 spiro atoms. The summed E-state index contributed by atoms with van der Waals surface area (Å²) >= 11 is 0. The third kappa shape index (κ3) is 4.02. The zero-order chi connectivity index (χ0) is 13.1. The minimum absolute atomic E-state index is 0.142. The minimum Gasteiger partial charge on any atom is -0.414 e. The van der Waals surface area contributed by atoms with Crippen molar-refractivity contribution in [3.05, 3.63) is 10.4 Å². The molecule has 1 aliphatic carbocycles. The quantitative estimate of drug-likeness (QED) is 0.314. The molecule has 0 saturated heterocycles. The van der Waals surface area contributed by atoms with Gasteiger partial charge in [-0.3, -0.25) is 0 Å². The highest BCUT2D eigenvalue weighted by molar-refractivity contribution is 6.74. The van der Waals surface area contributed by atoms with Crippen molar-refractivity contribution in [1.29, 1.82) is 0 Å². The van der Waals surface area contributed by atoms with E-state index in [4.69, 9.17) is 9.96 Å². The molecule has 0 N–H and O–H groups in total. The van der Waals surface area contributed by atoms with E-state index in [1.54, 1.807) is 0 Å². The lowest BCUT2D eigenvalue weighted by Crippen LogP contribution is -2.45. The molecule has 1 fully saturated rings. The molecular formula is C12H25N3OSi. The Morgan fingerprint density at radius 2 is 1.94 bits per heavy atom. The van der Waals surface area contributed by atoms with Crippen molar-refractivity contribution < 1.29 is 4.43 Å². The van der Waals surface area contributed by atoms with Gasteiger partial charge in [-0.1, -0.05) is 32.3 Å². The van der Waals surface area contributed by atoms with Crippen molar-refractivity contribution in [3.8, 4) is 0 Å². The van der Waals surface area contributed by atoms with Crippen LogP contribution in [-0.4, -0.2) is 20.5 Å². The van der Waals surface area contributed by atoms with E-state index in [1.807, 2.05) is 0 Å². The molecule has 17 heavy (non-hydrogen) atoms. The van der Waals surface area contributed by atoms with E-state index in [2.05, 4.69) is 43.9 Å². The summed E-state index contributed by atoms with van der Waals surface area (Å²) in [5.74, 6) is 0. The number of hydrogen-bond donors (Lipinski definition) is 0. The summed E-state index contributed by atoms with van der Waals surface area (Å²) < 4.78 is 6.38. The molecule has 4 nitrogen and oxygen atoms in total. The van der Waals surface area contributed by atoms with E-state index >= 15 is 0 Å². The Morgan fingerprint density at radius 3 is 2.47 bits per heavy atom. The zero-order valence-electron chi connectivity index (χ0n) is 11.7. The van der Waals surface area contributed by atoms with Gasteiger partial charge in [-0.05, 0) is 42.9 Å². The van der Waals surface area contributed by atoms with Crippen LogP contribution in [0.1, 0.15) is 46.5 Å². The second kappa shape index (κ2) is 5.42. The molecule has 0 aromatic rings. The Labute approximate surface area is 105 Å². The maximum Gasteiger partial charge on any atom is 0.192 e. The third-order valence-corrected chi connectivity index (χ3v) is 8.62. The topological polar surface area (TPSA) is 58.0 Å². The van der Waals surface area contributed by atoms with Crippen molar-refractivity contribution in [2.75, 3.05) is 0 Å². The average Bonchev–Trinajstić information content (AvgIpc) is 2.16. The van der Waals surface area contributed by atoms with Crippen LogP contribution in [0.25, 0.3) is 10.4 Å². The van der Waals surface area contributed by atoms with Gasteiger partial charge < -0.3 is 4.43 Å². The van der Waals surface area contributed by atoms with Gasteiger partial charge in [0.05, 0.1) is 0 Å². The number of azide groups is 1. The highest BCUT2D eigenvalue weighted by Gasteiger charge is 2.39. The van der Waals surface area contributed by atoms with Crippen LogP contribution in [0.5, 0.6) is 0 Å². The summed E-state index contributed by atoms with van der Waals surface area (Å²) in [5.41, 5.74) is 8.49. The summed E-state index contributed by atoms with van der Waals surface area (Å²) in [6, 6.07) is 0.142. The second-order valence-electron chi connectivity index (χ2n) is 6.53. The van der Waals surface area contributed by atoms with Gasteiger partial charge in [-0.15, -0.1) is 0 Å². The summed E-state index contributed by atoms with van der Waals surface area (Å²) in [6.45, 7) is 11.3. The van der Waals surface area contributed by atoms with Gasteiger partial charge in [0.25, 0.3) is 0 Å². The van der Waals surface area contributed by atoms with Gasteiger partial charge in [0, 0.05) is 17.1 Å². The Balaban J connectivity index is 2.60. The average molecular weight is 255 g/mol. The van der Waals surface area contributed by atoms with Crippen LogP contribution in [0, 0.1) is 0 Å². The molecule has 0 bridgehead atoms. The standard InChI is InChI=1S/C12H25N3OSi/c1-12(2,3)17(4,5)16-11-8-6-7-10(9-11)14-15-13/h10-11H,6-9H2,1-5H3. The van der Waals surface area contributed by atoms with Crippen LogP contribution in [0.2, 0.25) is 18.1 Å². The SMILES string of the molecule is CC(C)(C)[Si](C)(C)OC1CCCC(N=[N+]=[N-])C1. The van der Waals surface area contributed by atoms with E-state index in [1.165, 1.54) is 0 Å². The summed E-state index contributed by atoms with van der Waals surface area (Å²) in [4.78, 5) is 2.92. The molecule has 0 aromatic carbocycles. The summed E-state index contributed by atoms with van der Waals surface area (Å²) in [5, 5.41) is 4.09. The van der Waals surface area contributed by atoms with E-state index in [9.17, 15) is 0 Å². The molecule has 0 radical (unpaired) electrons. The maximum atomic E-state index is 8.49. The molecule has 0 aliphatic heterocycles. The monoisotopic (exact) mass is 255 g/mol. The van der Waals surface area contributed by atoms with Gasteiger partial charge in [0.2, 0.25) is 0 Å². The van der Waals surface area contributed by atoms with Crippen molar-refractivity contribution in [3.63, 3.8) is 0 Å². The molecule has 0 aromatic heterocycles. The Morgan fingerprint density at radius 1 is 1.29 bits per heavy atom. The van der Waals surface area contributed by atoms with Gasteiger partial charge >= 0.3 is 0 Å². The summed E-state index contributed by atoms with van der Waals surface area (Å²) in [6.07, 6.45) is 4.44. The van der Waals surface area contributed by atoms with E-state index < -0.39 is 8.32 Å². The van der Waals surface area contributed by atoms with Crippen LogP contribution in [0.3, 0.4) is 0 Å². The van der Waals surface area contributed by atoms with Gasteiger partial charge in [-0.2, -0.15) is 0 Å². The van der Waals surface area contributed by atoms with Gasteiger partial charge in [-0.25, -0.2) is 0 Å². The largest absolute Gasteiger partial charge is 0.414 e. The first-order valence-corrected chi connectivity index (χ1v) is 9.39. The van der Waals surface area contributed by atoms with Crippen molar-refractivity contribution >= 4 is 8.32 Å². The molecular weight excluding hydrogens is 230 g/mol. The Bertz CT molecular complexity index is 305. The van der Waals surface area contributed by atoms with Crippen LogP contribution in [0.4, 0.5) is 0 Å². The number of hydrogen-bond acceptors (Lipinski definition) is 2. The third-order valence-electron chi connectivity index (χ3n) is 4.08. The summed E-state index contributed by atoms with van der Waals surface area (Å²) in [7, 11) is -1.68. The highest BCUT2D eigenvalue weighted by atomic mass is 28.4. The second-order valence-corrected chi connectivity index (χ2v) is 11.3. The fourth-order valence-electron chi connectivity index (χ4n) is 2.00. The predicted molar refractivity (Wildman–Crippen MR) is 73.5 cm³/mol. The molecule has 98 valence electrons. The van der Waals surface area contributed by atoms with Crippen molar-refractivity contribution in [2.45, 2.75) is 76.7 Å². The smallest absolute Gasteiger partial charge is 0.192 e. The highest BCUT2D eigenvalue weighted by Crippen LogP contribution is 2.39. The van der Waals surface area contributed by atoms with Gasteiger partial charge in [0.1, 0.15) is 0 Å². The van der Waals surface area contributed by atoms with Crippen molar-refractivity contribution in [2.24, 2.45) is 5.11 Å². The van der Waals surface area contributed by atoms with E-state index in [-0.39, 0.29) is 11.1 Å². The molecule has 0 amide bonds. The molecule has 5 heteroatoms. The number of nitrogens with zero attached hydrogens (tertiary/aromatic N) is 3. The normalized spacial score (nSPS) is 26.4. The first-order valence-electron chi connectivity index (χ1n) is 6.48. The lowest BCUT2D eigenvalue weighted by molar-refractivity contribution is 0.128. The molecule has 2 unspecified atom stereocenters. The maximum absolute atomic E-state index is 8.49. The minimum atomic E-state index is -1.68. The van der Waals surface area contributed by atoms with Crippen LogP contribution in [-0.2, 0) is 4.43 Å². The predicted octanol–water partition coefficient (Wildman–Crippen LogP) is 4.63. The molecule has 2 atom stereocenters.